The van der Waals surface area contributed by atoms with Gasteiger partial charge in [0.05, 0.1) is 0 Å². The molecule has 0 heterocycles. The van der Waals surface area contributed by atoms with Crippen LogP contribution >= 0.6 is 0 Å². The molecule has 0 spiro atoms. The van der Waals surface area contributed by atoms with E-state index in [-0.39, 0.29) is 5.83 Å². The van der Waals surface area contributed by atoms with Crippen molar-refractivity contribution in [1.29, 1.82) is 0 Å². The number of unbranched alkanes of at least 4 members (excludes halogenated alkanes) is 1. The molecule has 0 saturated heterocycles. The van der Waals surface area contributed by atoms with Gasteiger partial charge in [0.15, 0.2) is 0 Å². The van der Waals surface area contributed by atoms with E-state index in [4.69, 9.17) is 0 Å². The second kappa shape index (κ2) is 6.58. The number of hydrogen-bond donors (Lipinski definition) is 0. The number of rotatable bonds is 5. The third kappa shape index (κ3) is 3.91. The zero-order valence-electron chi connectivity index (χ0n) is 9.78. The highest BCUT2D eigenvalue weighted by Gasteiger charge is 2.06. The van der Waals surface area contributed by atoms with Crippen LogP contribution in [0.2, 0.25) is 0 Å². The molecule has 0 fully saturated rings. The summed E-state index contributed by atoms with van der Waals surface area (Å²) in [4.78, 5) is 0. The predicted molar refractivity (Wildman–Crippen MR) is 61.9 cm³/mol. The predicted octanol–water partition coefficient (Wildman–Crippen LogP) is 4.94. The van der Waals surface area contributed by atoms with Crippen molar-refractivity contribution in [2.75, 3.05) is 0 Å². The Balaban J connectivity index is 4.57. The first-order valence-electron chi connectivity index (χ1n) is 5.22. The van der Waals surface area contributed by atoms with E-state index in [0.29, 0.717) is 11.1 Å². The zero-order chi connectivity index (χ0) is 11.1. The standard InChI is InChI=1S/C13H21F/c1-6-8-9-11(4)12(5)13(14)10(3)7-2/h7H,4,6,8-9H2,1-3,5H3/b10-7-,13-12+. The summed E-state index contributed by atoms with van der Waals surface area (Å²) < 4.78 is 13.6. The van der Waals surface area contributed by atoms with Crippen LogP contribution in [0.4, 0.5) is 4.39 Å². The second-order valence-electron chi connectivity index (χ2n) is 3.62. The molecule has 0 N–H and O–H groups in total. The highest BCUT2D eigenvalue weighted by Crippen LogP contribution is 2.23. The lowest BCUT2D eigenvalue weighted by molar-refractivity contribution is 0.637. The highest BCUT2D eigenvalue weighted by atomic mass is 19.1. The molecule has 0 nitrogen and oxygen atoms in total. The van der Waals surface area contributed by atoms with Gasteiger partial charge in [0.2, 0.25) is 0 Å². The van der Waals surface area contributed by atoms with Gasteiger partial charge in [0, 0.05) is 0 Å². The second-order valence-corrected chi connectivity index (χ2v) is 3.62. The van der Waals surface area contributed by atoms with Gasteiger partial charge in [-0.3, -0.25) is 0 Å². The lowest BCUT2D eigenvalue weighted by Crippen LogP contribution is -1.90. The van der Waals surface area contributed by atoms with E-state index in [1.165, 1.54) is 0 Å². The van der Waals surface area contributed by atoms with Crippen molar-refractivity contribution in [3.05, 3.63) is 35.2 Å². The normalized spacial score (nSPS) is 13.9. The van der Waals surface area contributed by atoms with Crippen molar-refractivity contribution < 1.29 is 4.39 Å². The molecule has 0 aromatic carbocycles. The summed E-state index contributed by atoms with van der Waals surface area (Å²) in [6.45, 7) is 11.5. The molecule has 0 saturated carbocycles. The monoisotopic (exact) mass is 196 g/mol. The minimum atomic E-state index is -0.117. The van der Waals surface area contributed by atoms with E-state index in [1.807, 2.05) is 6.92 Å². The maximum absolute atomic E-state index is 13.6. The molecule has 0 aliphatic carbocycles. The molecule has 0 bridgehead atoms. The average Bonchev–Trinajstić information content (AvgIpc) is 2.22. The molecule has 0 amide bonds. The average molecular weight is 196 g/mol. The highest BCUT2D eigenvalue weighted by molar-refractivity contribution is 5.37. The molecule has 0 unspecified atom stereocenters. The van der Waals surface area contributed by atoms with Crippen LogP contribution in [-0.4, -0.2) is 0 Å². The van der Waals surface area contributed by atoms with Crippen LogP contribution in [0.5, 0.6) is 0 Å². The SMILES string of the molecule is C=C(CCCC)/C(C)=C(F)\C(C)=C/C. The Morgan fingerprint density at radius 1 is 1.36 bits per heavy atom. The summed E-state index contributed by atoms with van der Waals surface area (Å²) in [6.07, 6.45) is 4.88. The Labute approximate surface area is 87.2 Å². The maximum atomic E-state index is 13.6. The van der Waals surface area contributed by atoms with E-state index >= 15 is 0 Å². The van der Waals surface area contributed by atoms with Gasteiger partial charge in [-0.2, -0.15) is 0 Å². The first-order valence-corrected chi connectivity index (χ1v) is 5.22. The van der Waals surface area contributed by atoms with Crippen LogP contribution in [0.1, 0.15) is 47.0 Å². The molecule has 0 aromatic heterocycles. The molecule has 14 heavy (non-hydrogen) atoms. The van der Waals surface area contributed by atoms with Gasteiger partial charge in [-0.15, -0.1) is 0 Å². The third-order valence-corrected chi connectivity index (χ3v) is 2.47. The Bertz CT molecular complexity index is 256. The third-order valence-electron chi connectivity index (χ3n) is 2.47. The quantitative estimate of drug-likeness (QED) is 0.546. The van der Waals surface area contributed by atoms with Crippen LogP contribution in [0.3, 0.4) is 0 Å². The molecular formula is C13H21F. The molecule has 0 aliphatic rings. The molecule has 0 aromatic rings. The fourth-order valence-electron chi connectivity index (χ4n) is 1.16. The van der Waals surface area contributed by atoms with Crippen molar-refractivity contribution in [1.82, 2.24) is 0 Å². The summed E-state index contributed by atoms with van der Waals surface area (Å²) in [5, 5.41) is 0. The van der Waals surface area contributed by atoms with Gasteiger partial charge in [-0.25, -0.2) is 4.39 Å². The smallest absolute Gasteiger partial charge is 0.128 e. The summed E-state index contributed by atoms with van der Waals surface area (Å²) in [5.41, 5.74) is 2.32. The lowest BCUT2D eigenvalue weighted by atomic mass is 10.0. The zero-order valence-corrected chi connectivity index (χ0v) is 9.78. The number of allylic oxidation sites excluding steroid dienone is 5. The van der Waals surface area contributed by atoms with Crippen molar-refractivity contribution >= 4 is 0 Å². The molecule has 1 heteroatoms. The van der Waals surface area contributed by atoms with Crippen molar-refractivity contribution in [3.8, 4) is 0 Å². The van der Waals surface area contributed by atoms with Gasteiger partial charge >= 0.3 is 0 Å². The van der Waals surface area contributed by atoms with Gasteiger partial charge in [-0.1, -0.05) is 26.0 Å². The van der Waals surface area contributed by atoms with Crippen LogP contribution < -0.4 is 0 Å². The molecule has 0 aliphatic heterocycles. The van der Waals surface area contributed by atoms with E-state index in [0.717, 1.165) is 24.8 Å². The van der Waals surface area contributed by atoms with E-state index in [9.17, 15) is 4.39 Å². The van der Waals surface area contributed by atoms with Crippen LogP contribution in [-0.2, 0) is 0 Å². The Morgan fingerprint density at radius 2 is 1.93 bits per heavy atom. The van der Waals surface area contributed by atoms with Gasteiger partial charge in [0.1, 0.15) is 5.83 Å². The number of halogens is 1. The van der Waals surface area contributed by atoms with Crippen molar-refractivity contribution in [2.24, 2.45) is 0 Å². The van der Waals surface area contributed by atoms with E-state index in [1.54, 1.807) is 19.9 Å². The molecular weight excluding hydrogens is 175 g/mol. The largest absolute Gasteiger partial charge is 0.206 e. The van der Waals surface area contributed by atoms with Crippen molar-refractivity contribution in [3.63, 3.8) is 0 Å². The minimum Gasteiger partial charge on any atom is -0.206 e. The fraction of sp³-hybridized carbons (Fsp3) is 0.538. The Hall–Kier alpha value is -0.850. The van der Waals surface area contributed by atoms with E-state index in [2.05, 4.69) is 13.5 Å². The topological polar surface area (TPSA) is 0 Å². The molecule has 0 atom stereocenters. The molecule has 0 radical (unpaired) electrons. The molecule has 80 valence electrons. The first kappa shape index (κ1) is 13.2. The summed E-state index contributed by atoms with van der Waals surface area (Å²) in [5.74, 6) is -0.117. The number of hydrogen-bond acceptors (Lipinski definition) is 0. The summed E-state index contributed by atoms with van der Waals surface area (Å²) >= 11 is 0. The van der Waals surface area contributed by atoms with Crippen molar-refractivity contribution in [2.45, 2.75) is 47.0 Å². The Morgan fingerprint density at radius 3 is 2.36 bits per heavy atom. The lowest BCUT2D eigenvalue weighted by Gasteiger charge is -2.07. The van der Waals surface area contributed by atoms with E-state index < -0.39 is 0 Å². The van der Waals surface area contributed by atoms with Crippen LogP contribution in [0, 0.1) is 0 Å². The Kier molecular flexibility index (Phi) is 6.18. The van der Waals surface area contributed by atoms with Gasteiger partial charge < -0.3 is 0 Å². The summed E-state index contributed by atoms with van der Waals surface area (Å²) in [7, 11) is 0. The van der Waals surface area contributed by atoms with Crippen LogP contribution in [0.25, 0.3) is 0 Å². The first-order chi connectivity index (χ1) is 6.54. The van der Waals surface area contributed by atoms with Gasteiger partial charge in [-0.05, 0) is 50.3 Å². The fourth-order valence-corrected chi connectivity index (χ4v) is 1.16. The van der Waals surface area contributed by atoms with Crippen LogP contribution in [0.15, 0.2) is 35.2 Å². The molecule has 0 rings (SSSR count). The minimum absolute atomic E-state index is 0.117. The van der Waals surface area contributed by atoms with Gasteiger partial charge in [0.25, 0.3) is 0 Å². The maximum Gasteiger partial charge on any atom is 0.128 e. The summed E-state index contributed by atoms with van der Waals surface area (Å²) in [6, 6.07) is 0.